The van der Waals surface area contributed by atoms with Crippen LogP contribution in [0.3, 0.4) is 0 Å². The summed E-state index contributed by atoms with van der Waals surface area (Å²) >= 11 is 6.19. The average molecular weight is 232 g/mol. The molecular weight excluding hydrogens is 214 g/mol. The van der Waals surface area contributed by atoms with Crippen molar-refractivity contribution in [1.29, 1.82) is 0 Å². The molecule has 5 heteroatoms. The fraction of sp³-hybridized carbons (Fsp3) is 0.700. The number of aliphatic hydroxyl groups is 1. The van der Waals surface area contributed by atoms with E-state index >= 15 is 0 Å². The number of aliphatic hydroxyl groups excluding tert-OH is 1. The zero-order chi connectivity index (χ0) is 11.4. The maximum absolute atomic E-state index is 8.92. The Morgan fingerprint density at radius 2 is 2.20 bits per heavy atom. The standard InChI is InChI=1S/C10H18ClN3O/c1-3-8-10(11)9(5-7(12)6-15)14(4-2)13-8/h7,15H,3-6,12H2,1-2H3. The number of hydrogen-bond donors (Lipinski definition) is 2. The van der Waals surface area contributed by atoms with Crippen molar-refractivity contribution in [3.8, 4) is 0 Å². The Bertz CT molecular complexity index is 325. The summed E-state index contributed by atoms with van der Waals surface area (Å²) in [5.74, 6) is 0. The van der Waals surface area contributed by atoms with E-state index < -0.39 is 0 Å². The number of aryl methyl sites for hydroxylation is 2. The van der Waals surface area contributed by atoms with E-state index in [1.165, 1.54) is 0 Å². The van der Waals surface area contributed by atoms with Gasteiger partial charge in [0.05, 0.1) is 23.0 Å². The predicted molar refractivity (Wildman–Crippen MR) is 61.1 cm³/mol. The Hall–Kier alpha value is -0.580. The van der Waals surface area contributed by atoms with Gasteiger partial charge in [-0.3, -0.25) is 4.68 Å². The maximum Gasteiger partial charge on any atom is 0.0850 e. The molecule has 1 unspecified atom stereocenters. The minimum Gasteiger partial charge on any atom is -0.395 e. The largest absolute Gasteiger partial charge is 0.395 e. The van der Waals surface area contributed by atoms with Crippen molar-refractivity contribution in [2.75, 3.05) is 6.61 Å². The molecule has 86 valence electrons. The smallest absolute Gasteiger partial charge is 0.0850 e. The van der Waals surface area contributed by atoms with Gasteiger partial charge in [0, 0.05) is 19.0 Å². The minimum atomic E-state index is -0.269. The third-order valence-electron chi connectivity index (χ3n) is 2.38. The molecular formula is C10H18ClN3O. The van der Waals surface area contributed by atoms with E-state index in [2.05, 4.69) is 5.10 Å². The molecule has 0 fully saturated rings. The summed E-state index contributed by atoms with van der Waals surface area (Å²) in [4.78, 5) is 0. The molecule has 0 bridgehead atoms. The van der Waals surface area contributed by atoms with E-state index in [1.807, 2.05) is 18.5 Å². The van der Waals surface area contributed by atoms with E-state index in [-0.39, 0.29) is 12.6 Å². The molecule has 0 aliphatic rings. The molecule has 15 heavy (non-hydrogen) atoms. The van der Waals surface area contributed by atoms with Crippen LogP contribution in [0.15, 0.2) is 0 Å². The highest BCUT2D eigenvalue weighted by Gasteiger charge is 2.16. The molecule has 0 saturated heterocycles. The van der Waals surface area contributed by atoms with Gasteiger partial charge in [-0.25, -0.2) is 0 Å². The quantitative estimate of drug-likeness (QED) is 0.794. The minimum absolute atomic E-state index is 0.0350. The van der Waals surface area contributed by atoms with Crippen LogP contribution in [-0.4, -0.2) is 27.5 Å². The van der Waals surface area contributed by atoms with Gasteiger partial charge in [-0.2, -0.15) is 5.10 Å². The van der Waals surface area contributed by atoms with Crippen LogP contribution >= 0.6 is 11.6 Å². The first-order valence-corrected chi connectivity index (χ1v) is 5.62. The van der Waals surface area contributed by atoms with Gasteiger partial charge in [0.1, 0.15) is 0 Å². The lowest BCUT2D eigenvalue weighted by Crippen LogP contribution is -2.28. The third-order valence-corrected chi connectivity index (χ3v) is 2.82. The van der Waals surface area contributed by atoms with Gasteiger partial charge in [-0.1, -0.05) is 18.5 Å². The average Bonchev–Trinajstić information content (AvgIpc) is 2.55. The Balaban J connectivity index is 2.97. The molecule has 1 heterocycles. The van der Waals surface area contributed by atoms with Crippen molar-refractivity contribution < 1.29 is 5.11 Å². The van der Waals surface area contributed by atoms with Gasteiger partial charge in [0.2, 0.25) is 0 Å². The van der Waals surface area contributed by atoms with Crippen molar-refractivity contribution in [2.45, 2.75) is 39.3 Å². The van der Waals surface area contributed by atoms with Crippen molar-refractivity contribution in [1.82, 2.24) is 9.78 Å². The molecule has 1 rings (SSSR count). The van der Waals surface area contributed by atoms with Crippen LogP contribution in [0, 0.1) is 0 Å². The van der Waals surface area contributed by atoms with Gasteiger partial charge < -0.3 is 10.8 Å². The first kappa shape index (κ1) is 12.5. The fourth-order valence-corrected chi connectivity index (χ4v) is 1.87. The van der Waals surface area contributed by atoms with Gasteiger partial charge in [0.15, 0.2) is 0 Å². The zero-order valence-electron chi connectivity index (χ0n) is 9.20. The fourth-order valence-electron chi connectivity index (χ4n) is 1.53. The topological polar surface area (TPSA) is 64.1 Å². The second kappa shape index (κ2) is 5.49. The number of nitrogens with zero attached hydrogens (tertiary/aromatic N) is 2. The number of rotatable bonds is 5. The van der Waals surface area contributed by atoms with Gasteiger partial charge >= 0.3 is 0 Å². The maximum atomic E-state index is 8.92. The molecule has 0 aromatic carbocycles. The lowest BCUT2D eigenvalue weighted by Gasteiger charge is -2.09. The van der Waals surface area contributed by atoms with Crippen molar-refractivity contribution in [2.24, 2.45) is 5.73 Å². The number of aromatic nitrogens is 2. The van der Waals surface area contributed by atoms with E-state index in [1.54, 1.807) is 0 Å². The molecule has 0 radical (unpaired) electrons. The van der Waals surface area contributed by atoms with Crippen LogP contribution in [0.2, 0.25) is 5.02 Å². The van der Waals surface area contributed by atoms with Crippen LogP contribution in [0.25, 0.3) is 0 Å². The summed E-state index contributed by atoms with van der Waals surface area (Å²) < 4.78 is 1.86. The van der Waals surface area contributed by atoms with Crippen molar-refractivity contribution >= 4 is 11.6 Å². The van der Waals surface area contributed by atoms with Crippen LogP contribution in [0.1, 0.15) is 25.2 Å². The molecule has 0 aliphatic carbocycles. The monoisotopic (exact) mass is 231 g/mol. The molecule has 1 aromatic rings. The van der Waals surface area contributed by atoms with Crippen LogP contribution in [0.5, 0.6) is 0 Å². The van der Waals surface area contributed by atoms with Gasteiger partial charge in [0.25, 0.3) is 0 Å². The Labute approximate surface area is 95.0 Å². The molecule has 0 spiro atoms. The molecule has 0 saturated carbocycles. The van der Waals surface area contributed by atoms with Crippen LogP contribution in [0.4, 0.5) is 0 Å². The third kappa shape index (κ3) is 2.71. The second-order valence-corrected chi connectivity index (χ2v) is 3.90. The van der Waals surface area contributed by atoms with Gasteiger partial charge in [-0.05, 0) is 13.3 Å². The molecule has 3 N–H and O–H groups in total. The highest BCUT2D eigenvalue weighted by Crippen LogP contribution is 2.22. The summed E-state index contributed by atoms with van der Waals surface area (Å²) in [6, 6.07) is -0.269. The predicted octanol–water partition coefficient (Wildman–Crippen LogP) is 0.981. The Morgan fingerprint density at radius 1 is 1.53 bits per heavy atom. The van der Waals surface area contributed by atoms with E-state index in [0.29, 0.717) is 11.4 Å². The summed E-state index contributed by atoms with van der Waals surface area (Å²) in [6.07, 6.45) is 1.38. The van der Waals surface area contributed by atoms with Crippen molar-refractivity contribution in [3.63, 3.8) is 0 Å². The first-order chi connectivity index (χ1) is 7.13. The molecule has 0 aliphatic heterocycles. The molecule has 0 amide bonds. The van der Waals surface area contributed by atoms with Crippen molar-refractivity contribution in [3.05, 3.63) is 16.4 Å². The van der Waals surface area contributed by atoms with E-state index in [0.717, 1.165) is 24.4 Å². The normalized spacial score (nSPS) is 13.1. The van der Waals surface area contributed by atoms with Crippen LogP contribution in [-0.2, 0) is 19.4 Å². The zero-order valence-corrected chi connectivity index (χ0v) is 9.96. The highest BCUT2D eigenvalue weighted by molar-refractivity contribution is 6.31. The van der Waals surface area contributed by atoms with Gasteiger partial charge in [-0.15, -0.1) is 0 Å². The van der Waals surface area contributed by atoms with E-state index in [4.69, 9.17) is 22.4 Å². The summed E-state index contributed by atoms with van der Waals surface area (Å²) in [5.41, 5.74) is 7.53. The Morgan fingerprint density at radius 3 is 2.67 bits per heavy atom. The molecule has 4 nitrogen and oxygen atoms in total. The first-order valence-electron chi connectivity index (χ1n) is 5.24. The number of hydrogen-bond acceptors (Lipinski definition) is 3. The number of halogens is 1. The molecule has 1 atom stereocenters. The number of nitrogens with two attached hydrogens (primary N) is 1. The lowest BCUT2D eigenvalue weighted by molar-refractivity contribution is 0.263. The second-order valence-electron chi connectivity index (χ2n) is 3.52. The van der Waals surface area contributed by atoms with E-state index in [9.17, 15) is 0 Å². The summed E-state index contributed by atoms with van der Waals surface area (Å²) in [5, 5.41) is 14.0. The SMILES string of the molecule is CCc1nn(CC)c(CC(N)CO)c1Cl. The summed E-state index contributed by atoms with van der Waals surface area (Å²) in [7, 11) is 0. The summed E-state index contributed by atoms with van der Waals surface area (Å²) in [6.45, 7) is 4.76. The molecule has 1 aromatic heterocycles. The van der Waals surface area contributed by atoms with Crippen LogP contribution < -0.4 is 5.73 Å². The highest BCUT2D eigenvalue weighted by atomic mass is 35.5. The lowest BCUT2D eigenvalue weighted by atomic mass is 10.1. The Kier molecular flexibility index (Phi) is 4.57.